The summed E-state index contributed by atoms with van der Waals surface area (Å²) >= 11 is 2.13. The van der Waals surface area contributed by atoms with Crippen LogP contribution in [0.25, 0.3) is 0 Å². The van der Waals surface area contributed by atoms with E-state index in [2.05, 4.69) is 32.6 Å². The highest BCUT2D eigenvalue weighted by Crippen LogP contribution is 2.20. The van der Waals surface area contributed by atoms with Crippen molar-refractivity contribution >= 4 is 49.9 Å². The summed E-state index contributed by atoms with van der Waals surface area (Å²) in [5.41, 5.74) is 0.612. The first kappa shape index (κ1) is 19.3. The van der Waals surface area contributed by atoms with E-state index in [-0.39, 0.29) is 16.1 Å². The van der Waals surface area contributed by atoms with E-state index in [1.165, 1.54) is 42.5 Å². The van der Waals surface area contributed by atoms with Gasteiger partial charge in [0.2, 0.25) is 0 Å². The lowest BCUT2D eigenvalue weighted by molar-refractivity contribution is 0.102. The summed E-state index contributed by atoms with van der Waals surface area (Å²) in [5, 5.41) is 2.72. The first-order chi connectivity index (χ1) is 12.8. The fourth-order valence-corrected chi connectivity index (χ4v) is 3.98. The molecule has 3 aromatic rings. The molecule has 5 nitrogen and oxygen atoms in total. The Morgan fingerprint density at radius 2 is 1.67 bits per heavy atom. The number of anilines is 2. The number of sulfonamides is 1. The minimum Gasteiger partial charge on any atom is -0.322 e. The quantitative estimate of drug-likeness (QED) is 0.512. The van der Waals surface area contributed by atoms with E-state index in [0.717, 1.165) is 9.64 Å². The van der Waals surface area contributed by atoms with Crippen molar-refractivity contribution in [1.29, 1.82) is 0 Å². The topological polar surface area (TPSA) is 75.3 Å². The number of rotatable bonds is 5. The summed E-state index contributed by atoms with van der Waals surface area (Å²) in [6, 6.07) is 18.2. The molecule has 0 atom stereocenters. The van der Waals surface area contributed by atoms with Crippen LogP contribution in [0, 0.1) is 9.39 Å². The Kier molecular flexibility index (Phi) is 5.76. The molecule has 0 aromatic heterocycles. The average molecular weight is 496 g/mol. The first-order valence-electron chi connectivity index (χ1n) is 7.79. The number of carbonyl (C=O) groups excluding carboxylic acids is 1. The van der Waals surface area contributed by atoms with Crippen molar-refractivity contribution in [1.82, 2.24) is 0 Å². The molecule has 0 fully saturated rings. The van der Waals surface area contributed by atoms with Crippen LogP contribution in [0.1, 0.15) is 10.4 Å². The Hall–Kier alpha value is -2.46. The van der Waals surface area contributed by atoms with Gasteiger partial charge in [-0.15, -0.1) is 0 Å². The van der Waals surface area contributed by atoms with E-state index in [1.54, 1.807) is 18.2 Å². The van der Waals surface area contributed by atoms with Gasteiger partial charge >= 0.3 is 0 Å². The molecule has 0 radical (unpaired) electrons. The second kappa shape index (κ2) is 8.05. The fraction of sp³-hybridized carbons (Fsp3) is 0. The molecular formula is C19H14FIN2O3S. The Labute approximate surface area is 169 Å². The van der Waals surface area contributed by atoms with Crippen LogP contribution in [0.3, 0.4) is 0 Å². The predicted octanol–water partition coefficient (Wildman–Crippen LogP) is 4.48. The van der Waals surface area contributed by atoms with Crippen LogP contribution in [0.4, 0.5) is 15.8 Å². The van der Waals surface area contributed by atoms with Crippen molar-refractivity contribution in [3.05, 3.63) is 87.7 Å². The molecule has 8 heteroatoms. The van der Waals surface area contributed by atoms with Crippen LogP contribution in [-0.4, -0.2) is 14.3 Å². The number of nitrogens with one attached hydrogen (secondary N) is 2. The van der Waals surface area contributed by atoms with Crippen LogP contribution in [0.2, 0.25) is 0 Å². The summed E-state index contributed by atoms with van der Waals surface area (Å²) in [6.45, 7) is 0. The highest BCUT2D eigenvalue weighted by atomic mass is 127. The van der Waals surface area contributed by atoms with Gasteiger partial charge in [0.25, 0.3) is 15.9 Å². The highest BCUT2D eigenvalue weighted by molar-refractivity contribution is 14.1. The smallest absolute Gasteiger partial charge is 0.262 e. The molecule has 0 unspecified atom stereocenters. The molecule has 0 aliphatic rings. The third kappa shape index (κ3) is 4.83. The number of carbonyl (C=O) groups is 1. The molecule has 0 aliphatic heterocycles. The Balaban J connectivity index is 1.84. The van der Waals surface area contributed by atoms with Crippen molar-refractivity contribution in [2.24, 2.45) is 0 Å². The molecule has 2 N–H and O–H groups in total. The lowest BCUT2D eigenvalue weighted by Crippen LogP contribution is -2.16. The van der Waals surface area contributed by atoms with Crippen molar-refractivity contribution < 1.29 is 17.6 Å². The van der Waals surface area contributed by atoms with Gasteiger partial charge in [0.1, 0.15) is 5.82 Å². The molecular weight excluding hydrogens is 482 g/mol. The molecule has 1 amide bonds. The van der Waals surface area contributed by atoms with E-state index >= 15 is 0 Å². The molecule has 138 valence electrons. The van der Waals surface area contributed by atoms with Gasteiger partial charge in [-0.1, -0.05) is 24.3 Å². The summed E-state index contributed by atoms with van der Waals surface area (Å²) in [4.78, 5) is 12.3. The average Bonchev–Trinajstić information content (AvgIpc) is 2.64. The number of amides is 1. The van der Waals surface area contributed by atoms with Crippen molar-refractivity contribution in [3.63, 3.8) is 0 Å². The third-order valence-electron chi connectivity index (χ3n) is 3.61. The van der Waals surface area contributed by atoms with Crippen molar-refractivity contribution in [2.75, 3.05) is 10.0 Å². The van der Waals surface area contributed by atoms with Gasteiger partial charge in [0.05, 0.1) is 10.6 Å². The molecule has 0 spiro atoms. The fourth-order valence-electron chi connectivity index (χ4n) is 2.32. The van der Waals surface area contributed by atoms with E-state index < -0.39 is 21.7 Å². The summed E-state index contributed by atoms with van der Waals surface area (Å²) in [7, 11) is -4.04. The maximum atomic E-state index is 13.7. The second-order valence-corrected chi connectivity index (χ2v) is 8.51. The van der Waals surface area contributed by atoms with Gasteiger partial charge in [0.15, 0.2) is 0 Å². The zero-order valence-corrected chi connectivity index (χ0v) is 16.8. The largest absolute Gasteiger partial charge is 0.322 e. The molecule has 0 saturated carbocycles. The second-order valence-electron chi connectivity index (χ2n) is 5.58. The first-order valence-corrected chi connectivity index (χ1v) is 10.4. The minimum atomic E-state index is -4.04. The Morgan fingerprint density at radius 3 is 2.41 bits per heavy atom. The summed E-state index contributed by atoms with van der Waals surface area (Å²) in [6.07, 6.45) is 0. The predicted molar refractivity (Wildman–Crippen MR) is 111 cm³/mol. The maximum Gasteiger partial charge on any atom is 0.262 e. The van der Waals surface area contributed by atoms with E-state index in [4.69, 9.17) is 0 Å². The van der Waals surface area contributed by atoms with Crippen LogP contribution in [0.5, 0.6) is 0 Å². The SMILES string of the molecule is O=C(Nc1cccc(I)c1)c1cccc(S(=O)(=O)Nc2ccccc2F)c1. The number of halogens is 2. The van der Waals surface area contributed by atoms with Crippen LogP contribution >= 0.6 is 22.6 Å². The van der Waals surface area contributed by atoms with Gasteiger partial charge in [-0.05, 0) is 71.1 Å². The van der Waals surface area contributed by atoms with E-state index in [9.17, 15) is 17.6 Å². The van der Waals surface area contributed by atoms with Gasteiger partial charge in [-0.2, -0.15) is 0 Å². The monoisotopic (exact) mass is 496 g/mol. The number of hydrogen-bond acceptors (Lipinski definition) is 3. The summed E-state index contributed by atoms with van der Waals surface area (Å²) in [5.74, 6) is -1.13. The van der Waals surface area contributed by atoms with Crippen LogP contribution in [0.15, 0.2) is 77.7 Å². The molecule has 0 saturated heterocycles. The molecule has 0 heterocycles. The Bertz CT molecular complexity index is 1100. The van der Waals surface area contributed by atoms with Crippen LogP contribution in [-0.2, 0) is 10.0 Å². The molecule has 3 aromatic carbocycles. The zero-order valence-electron chi connectivity index (χ0n) is 13.8. The number of benzene rings is 3. The number of para-hydroxylation sites is 1. The minimum absolute atomic E-state index is 0.138. The molecule has 27 heavy (non-hydrogen) atoms. The lowest BCUT2D eigenvalue weighted by atomic mass is 10.2. The van der Waals surface area contributed by atoms with Crippen molar-refractivity contribution in [3.8, 4) is 0 Å². The summed E-state index contributed by atoms with van der Waals surface area (Å²) < 4.78 is 41.9. The van der Waals surface area contributed by atoms with Gasteiger partial charge in [-0.25, -0.2) is 12.8 Å². The highest BCUT2D eigenvalue weighted by Gasteiger charge is 2.18. The van der Waals surface area contributed by atoms with Crippen LogP contribution < -0.4 is 10.0 Å². The third-order valence-corrected chi connectivity index (χ3v) is 5.64. The molecule has 0 bridgehead atoms. The normalized spacial score (nSPS) is 11.0. The van der Waals surface area contributed by atoms with Gasteiger partial charge < -0.3 is 5.32 Å². The molecule has 3 rings (SSSR count). The van der Waals surface area contributed by atoms with E-state index in [0.29, 0.717) is 5.69 Å². The lowest BCUT2D eigenvalue weighted by Gasteiger charge is -2.10. The maximum absolute atomic E-state index is 13.7. The number of hydrogen-bond donors (Lipinski definition) is 2. The molecule has 0 aliphatic carbocycles. The van der Waals surface area contributed by atoms with E-state index in [1.807, 2.05) is 6.07 Å². The standard InChI is InChI=1S/C19H14FIN2O3S/c20-17-9-1-2-10-18(17)23-27(25,26)16-8-3-5-13(11-16)19(24)22-15-7-4-6-14(21)12-15/h1-12,23H,(H,22,24). The zero-order chi connectivity index (χ0) is 19.4. The van der Waals surface area contributed by atoms with Gasteiger partial charge in [0, 0.05) is 14.8 Å². The van der Waals surface area contributed by atoms with Crippen molar-refractivity contribution in [2.45, 2.75) is 4.90 Å². The Morgan fingerprint density at radius 1 is 0.926 bits per heavy atom. The van der Waals surface area contributed by atoms with Gasteiger partial charge in [-0.3, -0.25) is 9.52 Å².